The number of aryl methyl sites for hydroxylation is 1. The number of hydrogen-bond donors (Lipinski definition) is 1. The first-order valence-electron chi connectivity index (χ1n) is 11.8. The molecule has 35 heavy (non-hydrogen) atoms. The number of amides is 1. The first-order valence-corrected chi connectivity index (χ1v) is 11.8. The predicted octanol–water partition coefficient (Wildman–Crippen LogP) is 3.71. The summed E-state index contributed by atoms with van der Waals surface area (Å²) in [7, 11) is 0. The molecule has 1 saturated carbocycles. The van der Waals surface area contributed by atoms with E-state index in [1.165, 1.54) is 4.90 Å². The molecule has 0 unspecified atom stereocenters. The molecule has 2 aromatic carbocycles. The third-order valence-electron chi connectivity index (χ3n) is 6.20. The van der Waals surface area contributed by atoms with Crippen LogP contribution in [0.5, 0.6) is 5.75 Å². The summed E-state index contributed by atoms with van der Waals surface area (Å²) in [4.78, 5) is 42.4. The van der Waals surface area contributed by atoms with E-state index in [0.717, 1.165) is 30.4 Å². The molecule has 0 aliphatic heterocycles. The van der Waals surface area contributed by atoms with E-state index < -0.39 is 5.97 Å². The van der Waals surface area contributed by atoms with Crippen molar-refractivity contribution in [3.63, 3.8) is 0 Å². The van der Waals surface area contributed by atoms with Crippen molar-refractivity contribution >= 4 is 17.7 Å². The number of imidazole rings is 1. The van der Waals surface area contributed by atoms with Crippen LogP contribution in [-0.4, -0.2) is 50.4 Å². The maximum absolute atomic E-state index is 12.8. The number of carboxylic acids is 1. The molecule has 1 aromatic heterocycles. The van der Waals surface area contributed by atoms with Crippen molar-refractivity contribution in [2.75, 3.05) is 13.2 Å². The van der Waals surface area contributed by atoms with Crippen LogP contribution in [0, 0.1) is 12.8 Å². The second-order valence-electron chi connectivity index (χ2n) is 8.85. The Morgan fingerprint density at radius 1 is 1.14 bits per heavy atom. The van der Waals surface area contributed by atoms with Crippen LogP contribution in [0.15, 0.2) is 60.9 Å². The third kappa shape index (κ3) is 6.15. The molecule has 4 rings (SSSR count). The molecule has 1 N–H and O–H groups in total. The molecule has 1 fully saturated rings. The molecular weight excluding hydrogens is 446 g/mol. The van der Waals surface area contributed by atoms with Gasteiger partial charge < -0.3 is 19.3 Å². The largest absolute Gasteiger partial charge is 0.492 e. The Morgan fingerprint density at radius 3 is 2.60 bits per heavy atom. The average Bonchev–Trinajstić information content (AvgIpc) is 3.26. The number of nitrogens with zero attached hydrogens (tertiary/aromatic N) is 3. The van der Waals surface area contributed by atoms with Crippen LogP contribution < -0.4 is 4.74 Å². The van der Waals surface area contributed by atoms with Gasteiger partial charge in [0.05, 0.1) is 6.54 Å². The minimum absolute atomic E-state index is 0.0687. The molecule has 182 valence electrons. The number of hydrogen-bond acceptors (Lipinski definition) is 5. The maximum Gasteiger partial charge on any atom is 0.323 e. The fourth-order valence-corrected chi connectivity index (χ4v) is 4.04. The summed E-state index contributed by atoms with van der Waals surface area (Å²) in [5, 5.41) is 9.24. The summed E-state index contributed by atoms with van der Waals surface area (Å²) < 4.78 is 7.66. The maximum atomic E-state index is 12.8. The molecule has 3 aromatic rings. The topological polar surface area (TPSA) is 102 Å². The van der Waals surface area contributed by atoms with Gasteiger partial charge in [0, 0.05) is 30.4 Å². The highest BCUT2D eigenvalue weighted by Crippen LogP contribution is 2.29. The fourth-order valence-electron chi connectivity index (χ4n) is 4.04. The molecule has 1 aliphatic carbocycles. The number of rotatable bonds is 11. The van der Waals surface area contributed by atoms with E-state index in [1.807, 2.05) is 43.3 Å². The first kappa shape index (κ1) is 24.2. The van der Waals surface area contributed by atoms with E-state index in [4.69, 9.17) is 4.74 Å². The number of ether oxygens (including phenoxy) is 1. The second kappa shape index (κ2) is 11.0. The molecule has 0 spiro atoms. The average molecular weight is 476 g/mol. The van der Waals surface area contributed by atoms with E-state index in [2.05, 4.69) is 4.98 Å². The first-order chi connectivity index (χ1) is 16.9. The van der Waals surface area contributed by atoms with Gasteiger partial charge >= 0.3 is 5.97 Å². The SMILES string of the molecule is Cc1ccc(C(=O)c2nccn2CCOc2cccc(CN(CC(=O)O)C(=O)C3CCC3)c2)cc1. The van der Waals surface area contributed by atoms with E-state index >= 15 is 0 Å². The zero-order valence-corrected chi connectivity index (χ0v) is 19.7. The number of benzene rings is 2. The van der Waals surface area contributed by atoms with Crippen molar-refractivity contribution in [3.05, 3.63) is 83.4 Å². The molecule has 0 saturated heterocycles. The Balaban J connectivity index is 1.36. The van der Waals surface area contributed by atoms with Crippen LogP contribution in [0.2, 0.25) is 0 Å². The number of carbonyl (C=O) groups is 3. The van der Waals surface area contributed by atoms with Crippen LogP contribution in [0.25, 0.3) is 0 Å². The van der Waals surface area contributed by atoms with Gasteiger partial charge in [-0.25, -0.2) is 4.98 Å². The summed E-state index contributed by atoms with van der Waals surface area (Å²) in [6.07, 6.45) is 5.99. The summed E-state index contributed by atoms with van der Waals surface area (Å²) in [5.41, 5.74) is 2.47. The standard InChI is InChI=1S/C27H29N3O5/c1-19-8-10-21(11-9-19)25(33)26-28-12-13-29(26)14-15-35-23-7-2-4-20(16-23)17-30(18-24(31)32)27(34)22-5-3-6-22/h2,4,7-13,16,22H,3,5-6,14-15,17-18H2,1H3,(H,31,32). The Hall–Kier alpha value is -3.94. The van der Waals surface area contributed by atoms with E-state index in [1.54, 1.807) is 29.1 Å². The lowest BCUT2D eigenvalue weighted by Gasteiger charge is -2.30. The van der Waals surface area contributed by atoms with Crippen molar-refractivity contribution in [2.45, 2.75) is 39.3 Å². The highest BCUT2D eigenvalue weighted by atomic mass is 16.5. The van der Waals surface area contributed by atoms with Crippen LogP contribution in [0.1, 0.15) is 46.6 Å². The normalized spacial score (nSPS) is 13.2. The zero-order valence-electron chi connectivity index (χ0n) is 19.7. The highest BCUT2D eigenvalue weighted by molar-refractivity contribution is 6.06. The molecule has 1 amide bonds. The molecule has 8 nitrogen and oxygen atoms in total. The summed E-state index contributed by atoms with van der Waals surface area (Å²) in [6.45, 7) is 2.61. The van der Waals surface area contributed by atoms with Gasteiger partial charge in [-0.3, -0.25) is 14.4 Å². The Labute approximate surface area is 204 Å². The predicted molar refractivity (Wildman–Crippen MR) is 129 cm³/mol. The minimum Gasteiger partial charge on any atom is -0.492 e. The minimum atomic E-state index is -1.03. The van der Waals surface area contributed by atoms with Gasteiger partial charge in [-0.05, 0) is 37.5 Å². The van der Waals surface area contributed by atoms with Crippen LogP contribution in [0.3, 0.4) is 0 Å². The van der Waals surface area contributed by atoms with E-state index in [-0.39, 0.29) is 30.7 Å². The van der Waals surface area contributed by atoms with Gasteiger partial charge in [0.15, 0.2) is 5.82 Å². The van der Waals surface area contributed by atoms with Crippen LogP contribution >= 0.6 is 0 Å². The number of aliphatic carboxylic acids is 1. The number of ketones is 1. The number of carboxylic acid groups (broad SMARTS) is 1. The molecule has 0 radical (unpaired) electrons. The molecule has 0 bridgehead atoms. The number of aromatic nitrogens is 2. The van der Waals surface area contributed by atoms with Crippen molar-refractivity contribution in [1.82, 2.24) is 14.5 Å². The van der Waals surface area contributed by atoms with E-state index in [0.29, 0.717) is 30.3 Å². The van der Waals surface area contributed by atoms with Gasteiger partial charge in [-0.2, -0.15) is 0 Å². The van der Waals surface area contributed by atoms with Crippen LogP contribution in [-0.2, 0) is 22.7 Å². The van der Waals surface area contributed by atoms with Gasteiger partial charge in [-0.15, -0.1) is 0 Å². The lowest BCUT2D eigenvalue weighted by Crippen LogP contribution is -2.41. The monoisotopic (exact) mass is 475 g/mol. The molecular formula is C27H29N3O5. The van der Waals surface area contributed by atoms with Gasteiger partial charge in [0.1, 0.15) is 18.9 Å². The van der Waals surface area contributed by atoms with Gasteiger partial charge in [0.25, 0.3) is 0 Å². The molecule has 8 heteroatoms. The lowest BCUT2D eigenvalue weighted by atomic mass is 9.84. The number of carbonyl (C=O) groups excluding carboxylic acids is 2. The highest BCUT2D eigenvalue weighted by Gasteiger charge is 2.30. The Bertz CT molecular complexity index is 1200. The summed E-state index contributed by atoms with van der Waals surface area (Å²) in [5.74, 6) is -0.380. The fraction of sp³-hybridized carbons (Fsp3) is 0.333. The van der Waals surface area contributed by atoms with Crippen molar-refractivity contribution in [2.24, 2.45) is 5.92 Å². The summed E-state index contributed by atoms with van der Waals surface area (Å²) in [6, 6.07) is 14.7. The molecule has 0 atom stereocenters. The van der Waals surface area contributed by atoms with Crippen molar-refractivity contribution in [1.29, 1.82) is 0 Å². The lowest BCUT2D eigenvalue weighted by molar-refractivity contribution is -0.148. The van der Waals surface area contributed by atoms with Crippen molar-refractivity contribution in [3.8, 4) is 5.75 Å². The van der Waals surface area contributed by atoms with Gasteiger partial charge in [-0.1, -0.05) is 48.4 Å². The smallest absolute Gasteiger partial charge is 0.323 e. The quantitative estimate of drug-likeness (QED) is 0.424. The van der Waals surface area contributed by atoms with Gasteiger partial charge in [0.2, 0.25) is 11.7 Å². The van der Waals surface area contributed by atoms with Crippen molar-refractivity contribution < 1.29 is 24.2 Å². The Kier molecular flexibility index (Phi) is 7.60. The van der Waals surface area contributed by atoms with E-state index in [9.17, 15) is 19.5 Å². The zero-order chi connectivity index (χ0) is 24.8. The second-order valence-corrected chi connectivity index (χ2v) is 8.85. The molecule has 1 aliphatic rings. The van der Waals surface area contributed by atoms with Crippen LogP contribution in [0.4, 0.5) is 0 Å². The third-order valence-corrected chi connectivity index (χ3v) is 6.20. The summed E-state index contributed by atoms with van der Waals surface area (Å²) >= 11 is 0. The Morgan fingerprint density at radius 2 is 1.91 bits per heavy atom. The molecule has 1 heterocycles.